The third kappa shape index (κ3) is 3.18. The van der Waals surface area contributed by atoms with Gasteiger partial charge in [-0.2, -0.15) is 0 Å². The van der Waals surface area contributed by atoms with Crippen molar-refractivity contribution in [2.24, 2.45) is 35.0 Å². The molecule has 136 valence electrons. The zero-order chi connectivity index (χ0) is 17.5. The molecule has 0 radical (unpaired) electrons. The largest absolute Gasteiger partial charge is 0.465 e. The van der Waals surface area contributed by atoms with Gasteiger partial charge in [-0.1, -0.05) is 6.92 Å². The van der Waals surface area contributed by atoms with E-state index in [4.69, 9.17) is 14.2 Å². The van der Waals surface area contributed by atoms with Crippen molar-refractivity contribution in [2.45, 2.75) is 46.3 Å². The van der Waals surface area contributed by atoms with Gasteiger partial charge < -0.3 is 19.3 Å². The lowest BCUT2D eigenvalue weighted by atomic mass is 9.76. The summed E-state index contributed by atoms with van der Waals surface area (Å²) < 4.78 is 15.8. The van der Waals surface area contributed by atoms with E-state index in [1.165, 1.54) is 0 Å². The molecule has 1 aliphatic heterocycles. The average molecular weight is 340 g/mol. The van der Waals surface area contributed by atoms with E-state index in [0.717, 1.165) is 12.8 Å². The second kappa shape index (κ2) is 6.64. The normalized spacial score (nSPS) is 35.7. The lowest BCUT2D eigenvalue weighted by Gasteiger charge is -2.29. The molecule has 1 N–H and O–H groups in total. The molecular formula is C18H28O6. The van der Waals surface area contributed by atoms with Crippen LogP contribution in [0.5, 0.6) is 0 Å². The van der Waals surface area contributed by atoms with Crippen LogP contribution in [-0.4, -0.2) is 43.2 Å². The van der Waals surface area contributed by atoms with Crippen molar-refractivity contribution in [3.63, 3.8) is 0 Å². The van der Waals surface area contributed by atoms with E-state index < -0.39 is 11.7 Å². The van der Waals surface area contributed by atoms with E-state index in [0.29, 0.717) is 37.4 Å². The molecule has 0 aromatic carbocycles. The van der Waals surface area contributed by atoms with Crippen molar-refractivity contribution < 1.29 is 28.9 Å². The van der Waals surface area contributed by atoms with Gasteiger partial charge in [-0.25, -0.2) is 0 Å². The van der Waals surface area contributed by atoms with Crippen molar-refractivity contribution in [1.82, 2.24) is 0 Å². The number of cyclic esters (lactones) is 1. The molecule has 0 amide bonds. The molecule has 0 aromatic rings. The highest BCUT2D eigenvalue weighted by Gasteiger charge is 2.58. The summed E-state index contributed by atoms with van der Waals surface area (Å²) in [5.41, 5.74) is -0.553. The summed E-state index contributed by atoms with van der Waals surface area (Å²) in [5.74, 6) is 1.15. The number of aliphatic hydroxyl groups excluding tert-OH is 1. The first kappa shape index (κ1) is 17.7. The number of carbonyl (C=O) groups is 2. The predicted molar refractivity (Wildman–Crippen MR) is 84.6 cm³/mol. The van der Waals surface area contributed by atoms with Gasteiger partial charge in [0.25, 0.3) is 0 Å². The molecule has 6 atom stereocenters. The Kier molecular flexibility index (Phi) is 4.89. The molecule has 2 aliphatic carbocycles. The molecule has 6 heteroatoms. The van der Waals surface area contributed by atoms with Crippen LogP contribution in [0.1, 0.15) is 40.0 Å². The lowest BCUT2D eigenvalue weighted by Crippen LogP contribution is -2.34. The van der Waals surface area contributed by atoms with E-state index in [1.54, 1.807) is 0 Å². The maximum absolute atomic E-state index is 11.9. The third-order valence-corrected chi connectivity index (χ3v) is 6.30. The van der Waals surface area contributed by atoms with Crippen molar-refractivity contribution in [3.8, 4) is 0 Å². The van der Waals surface area contributed by atoms with E-state index in [1.807, 2.05) is 20.8 Å². The van der Waals surface area contributed by atoms with Gasteiger partial charge in [-0.3, -0.25) is 9.59 Å². The minimum Gasteiger partial charge on any atom is -0.465 e. The zero-order valence-electron chi connectivity index (χ0n) is 14.7. The summed E-state index contributed by atoms with van der Waals surface area (Å²) in [6.45, 7) is 6.36. The minimum atomic E-state index is -1.12. The molecule has 6 nitrogen and oxygen atoms in total. The molecule has 3 rings (SSSR count). The topological polar surface area (TPSA) is 82.1 Å². The van der Waals surface area contributed by atoms with Crippen LogP contribution in [0.4, 0.5) is 0 Å². The highest BCUT2D eigenvalue weighted by atomic mass is 16.6. The maximum Gasteiger partial charge on any atom is 0.311 e. The Bertz CT molecular complexity index is 502. The number of aliphatic hydroxyl groups is 1. The van der Waals surface area contributed by atoms with Gasteiger partial charge >= 0.3 is 11.9 Å². The Morgan fingerprint density at radius 1 is 1.38 bits per heavy atom. The number of rotatable bonds is 7. The predicted octanol–water partition coefficient (Wildman–Crippen LogP) is 1.75. The monoisotopic (exact) mass is 340 g/mol. The van der Waals surface area contributed by atoms with Crippen LogP contribution in [0.3, 0.4) is 0 Å². The van der Waals surface area contributed by atoms with Crippen LogP contribution in [0, 0.1) is 35.0 Å². The first-order chi connectivity index (χ1) is 11.3. The second-order valence-corrected chi connectivity index (χ2v) is 8.10. The molecule has 3 fully saturated rings. The number of hydrogen-bond acceptors (Lipinski definition) is 6. The van der Waals surface area contributed by atoms with Gasteiger partial charge in [0.1, 0.15) is 6.61 Å². The molecule has 3 aliphatic rings. The van der Waals surface area contributed by atoms with Gasteiger partial charge in [0.05, 0.1) is 24.5 Å². The summed E-state index contributed by atoms with van der Waals surface area (Å²) in [7, 11) is 0. The molecule has 5 unspecified atom stereocenters. The minimum absolute atomic E-state index is 0.0256. The molecule has 24 heavy (non-hydrogen) atoms. The van der Waals surface area contributed by atoms with Gasteiger partial charge in [0.15, 0.2) is 6.29 Å². The van der Waals surface area contributed by atoms with Crippen molar-refractivity contribution >= 4 is 11.9 Å². The third-order valence-electron chi connectivity index (χ3n) is 6.30. The number of esters is 2. The van der Waals surface area contributed by atoms with Gasteiger partial charge in [-0.15, -0.1) is 0 Å². The molecule has 2 saturated carbocycles. The fourth-order valence-electron chi connectivity index (χ4n) is 4.43. The number of hydrogen-bond donors (Lipinski definition) is 1. The van der Waals surface area contributed by atoms with Crippen LogP contribution in [0.15, 0.2) is 0 Å². The summed E-state index contributed by atoms with van der Waals surface area (Å²) >= 11 is 0. The first-order valence-electron chi connectivity index (χ1n) is 8.97. The zero-order valence-corrected chi connectivity index (χ0v) is 14.7. The Hall–Kier alpha value is -1.14. The highest BCUT2D eigenvalue weighted by molar-refractivity contribution is 5.76. The summed E-state index contributed by atoms with van der Waals surface area (Å²) in [5, 5.41) is 9.92. The summed E-state index contributed by atoms with van der Waals surface area (Å²) in [4.78, 5) is 23.7. The fraction of sp³-hybridized carbons (Fsp3) is 0.889. The van der Waals surface area contributed by atoms with Crippen molar-refractivity contribution in [2.75, 3.05) is 19.8 Å². The molecule has 0 aromatic heterocycles. The lowest BCUT2D eigenvalue weighted by molar-refractivity contribution is -0.178. The molecule has 0 spiro atoms. The number of fused-ring (bicyclic) bond motifs is 5. The smallest absolute Gasteiger partial charge is 0.311 e. The highest BCUT2D eigenvalue weighted by Crippen LogP contribution is 2.57. The van der Waals surface area contributed by atoms with E-state index in [-0.39, 0.29) is 30.4 Å². The van der Waals surface area contributed by atoms with Crippen LogP contribution in [0.25, 0.3) is 0 Å². The van der Waals surface area contributed by atoms with E-state index in [2.05, 4.69) is 0 Å². The Morgan fingerprint density at radius 3 is 2.83 bits per heavy atom. The van der Waals surface area contributed by atoms with Crippen LogP contribution in [-0.2, 0) is 23.8 Å². The van der Waals surface area contributed by atoms with Crippen molar-refractivity contribution in [1.29, 1.82) is 0 Å². The average Bonchev–Trinajstić information content (AvgIpc) is 3.23. The molecular weight excluding hydrogens is 312 g/mol. The fourth-order valence-corrected chi connectivity index (χ4v) is 4.43. The second-order valence-electron chi connectivity index (χ2n) is 8.10. The Morgan fingerprint density at radius 2 is 2.12 bits per heavy atom. The van der Waals surface area contributed by atoms with Gasteiger partial charge in [0, 0.05) is 5.92 Å². The Labute approximate surface area is 142 Å². The number of carbonyl (C=O) groups excluding carboxylic acids is 2. The molecule has 2 bridgehead atoms. The quantitative estimate of drug-likeness (QED) is 0.562. The number of ether oxygens (including phenoxy) is 3. The van der Waals surface area contributed by atoms with Gasteiger partial charge in [0.2, 0.25) is 0 Å². The van der Waals surface area contributed by atoms with Crippen LogP contribution >= 0.6 is 0 Å². The van der Waals surface area contributed by atoms with Crippen molar-refractivity contribution in [3.05, 3.63) is 0 Å². The van der Waals surface area contributed by atoms with Crippen LogP contribution in [0.2, 0.25) is 0 Å². The summed E-state index contributed by atoms with van der Waals surface area (Å²) in [6.07, 6.45) is 1.64. The Balaban J connectivity index is 1.42. The summed E-state index contributed by atoms with van der Waals surface area (Å²) in [6, 6.07) is 0. The van der Waals surface area contributed by atoms with Gasteiger partial charge in [-0.05, 0) is 50.9 Å². The molecule has 1 saturated heterocycles. The maximum atomic E-state index is 11.9. The standard InChI is InChI=1S/C18H28O6/c1-4-18(2,3)17(21)24-9-14(19)22-7-11-5-10-6-12(11)15-13(10)8-23-16(15)20/h10-15,19H,4-9H2,1-3H3/t10?,11?,12?,13?,14-,15?/m0/s1. The first-order valence-corrected chi connectivity index (χ1v) is 8.97. The SMILES string of the molecule is CCC(C)(C)C(=O)OC[C@@H](O)OCC1CC2CC1C1C(=O)OCC21. The van der Waals surface area contributed by atoms with E-state index >= 15 is 0 Å². The molecule has 1 heterocycles. The van der Waals surface area contributed by atoms with E-state index in [9.17, 15) is 14.7 Å². The van der Waals surface area contributed by atoms with Crippen LogP contribution < -0.4 is 0 Å².